The first kappa shape index (κ1) is 40.5. The number of rotatable bonds is 4. The minimum Gasteiger partial charge on any atom is -0.0622 e. The zero-order valence-corrected chi connectivity index (χ0v) is 39.4. The molecule has 0 amide bonds. The smallest absolute Gasteiger partial charge is 0.000741 e. The van der Waals surface area contributed by atoms with Crippen LogP contribution in [0, 0.1) is 0 Å². The zero-order valence-electron chi connectivity index (χ0n) is 39.4. The molecule has 0 bridgehead atoms. The Bertz CT molecular complexity index is 4260. The van der Waals surface area contributed by atoms with Gasteiger partial charge >= 0.3 is 0 Å². The monoisotopic (exact) mass is 908 g/mol. The molecule has 0 N–H and O–H groups in total. The van der Waals surface area contributed by atoms with Crippen molar-refractivity contribution >= 4 is 64.6 Å². The maximum Gasteiger partial charge on any atom is -0.000741 e. The van der Waals surface area contributed by atoms with Crippen LogP contribution in [-0.2, 0) is 0 Å². The molecule has 0 saturated carbocycles. The van der Waals surface area contributed by atoms with Gasteiger partial charge in [0.25, 0.3) is 0 Å². The van der Waals surface area contributed by atoms with Crippen LogP contribution in [0.4, 0.5) is 0 Å². The molecule has 0 unspecified atom stereocenters. The Balaban J connectivity index is 0.000000132. The van der Waals surface area contributed by atoms with E-state index in [1.807, 2.05) is 0 Å². The first-order chi connectivity index (χ1) is 35.8. The Morgan fingerprint density at radius 2 is 0.431 bits per heavy atom. The molecule has 0 fully saturated rings. The van der Waals surface area contributed by atoms with Crippen molar-refractivity contribution < 1.29 is 0 Å². The predicted octanol–water partition coefficient (Wildman–Crippen LogP) is 20.3. The van der Waals surface area contributed by atoms with E-state index in [0.717, 1.165) is 0 Å². The van der Waals surface area contributed by atoms with Crippen LogP contribution in [0.5, 0.6) is 0 Å². The third-order valence-corrected chi connectivity index (χ3v) is 15.5. The van der Waals surface area contributed by atoms with Crippen LogP contribution in [-0.4, -0.2) is 0 Å². The van der Waals surface area contributed by atoms with Crippen molar-refractivity contribution in [3.05, 3.63) is 267 Å². The predicted molar refractivity (Wildman–Crippen MR) is 309 cm³/mol. The van der Waals surface area contributed by atoms with Crippen molar-refractivity contribution in [1.82, 2.24) is 0 Å². The second kappa shape index (κ2) is 16.1. The lowest BCUT2D eigenvalue weighted by molar-refractivity contribution is 1.62. The van der Waals surface area contributed by atoms with Gasteiger partial charge in [-0.3, -0.25) is 0 Å². The summed E-state index contributed by atoms with van der Waals surface area (Å²) in [5.41, 5.74) is 21.2. The van der Waals surface area contributed by atoms with Gasteiger partial charge in [-0.15, -0.1) is 0 Å². The molecule has 14 aromatic rings. The first-order valence-corrected chi connectivity index (χ1v) is 25.1. The van der Waals surface area contributed by atoms with E-state index in [0.29, 0.717) is 0 Å². The van der Waals surface area contributed by atoms with E-state index in [9.17, 15) is 0 Å². The van der Waals surface area contributed by atoms with E-state index < -0.39 is 0 Å². The van der Waals surface area contributed by atoms with Gasteiger partial charge in [-0.1, -0.05) is 255 Å². The fourth-order valence-electron chi connectivity index (χ4n) is 12.6. The second-order valence-corrected chi connectivity index (χ2v) is 19.4. The van der Waals surface area contributed by atoms with Crippen LogP contribution in [0.25, 0.3) is 154 Å². The summed E-state index contributed by atoms with van der Waals surface area (Å²) >= 11 is 0. The summed E-state index contributed by atoms with van der Waals surface area (Å²) in [6.45, 7) is 0. The normalized spacial score (nSPS) is 11.9. The molecule has 16 rings (SSSR count). The van der Waals surface area contributed by atoms with Gasteiger partial charge in [0.2, 0.25) is 0 Å². The maximum absolute atomic E-state index is 2.37. The van der Waals surface area contributed by atoms with E-state index >= 15 is 0 Å². The van der Waals surface area contributed by atoms with E-state index in [1.54, 1.807) is 0 Å². The first-order valence-electron chi connectivity index (χ1n) is 25.1. The number of benzene rings is 14. The molecule has 0 radical (unpaired) electrons. The van der Waals surface area contributed by atoms with E-state index in [-0.39, 0.29) is 0 Å². The molecule has 0 heteroatoms. The van der Waals surface area contributed by atoms with Gasteiger partial charge in [-0.2, -0.15) is 0 Å². The quantitative estimate of drug-likeness (QED) is 0.165. The Kier molecular flexibility index (Phi) is 9.06. The maximum atomic E-state index is 2.37. The highest BCUT2D eigenvalue weighted by Crippen LogP contribution is 2.59. The molecular weight excluding hydrogens is 865 g/mol. The molecule has 2 aliphatic rings. The van der Waals surface area contributed by atoms with Crippen LogP contribution in [0.2, 0.25) is 0 Å². The largest absolute Gasteiger partial charge is 0.0622 e. The molecule has 0 nitrogen and oxygen atoms in total. The van der Waals surface area contributed by atoms with Crippen LogP contribution in [0.3, 0.4) is 0 Å². The summed E-state index contributed by atoms with van der Waals surface area (Å²) in [5, 5.41) is 15.6. The van der Waals surface area contributed by atoms with Crippen LogP contribution in [0.1, 0.15) is 0 Å². The van der Waals surface area contributed by atoms with E-state index in [4.69, 9.17) is 0 Å². The van der Waals surface area contributed by atoms with E-state index in [1.165, 1.54) is 154 Å². The molecule has 332 valence electrons. The molecule has 14 aromatic carbocycles. The fourth-order valence-corrected chi connectivity index (χ4v) is 12.6. The average molecular weight is 909 g/mol. The van der Waals surface area contributed by atoms with Crippen LogP contribution >= 0.6 is 0 Å². The van der Waals surface area contributed by atoms with Crippen molar-refractivity contribution in [3.8, 4) is 89.0 Å². The van der Waals surface area contributed by atoms with Crippen molar-refractivity contribution in [1.29, 1.82) is 0 Å². The van der Waals surface area contributed by atoms with Crippen molar-refractivity contribution in [2.75, 3.05) is 0 Å². The summed E-state index contributed by atoms with van der Waals surface area (Å²) in [4.78, 5) is 0. The lowest BCUT2D eigenvalue weighted by Gasteiger charge is -2.21. The third-order valence-electron chi connectivity index (χ3n) is 15.5. The number of fused-ring (bicyclic) bond motifs is 10. The Labute approximate surface area is 418 Å². The Hall–Kier alpha value is -9.36. The van der Waals surface area contributed by atoms with Gasteiger partial charge in [-0.25, -0.2) is 0 Å². The van der Waals surface area contributed by atoms with Crippen molar-refractivity contribution in [2.45, 2.75) is 0 Å². The van der Waals surface area contributed by atoms with Crippen molar-refractivity contribution in [2.24, 2.45) is 0 Å². The molecular formula is C72H44. The summed E-state index contributed by atoms with van der Waals surface area (Å²) in [7, 11) is 0. The summed E-state index contributed by atoms with van der Waals surface area (Å²) < 4.78 is 0. The molecule has 0 aliphatic heterocycles. The molecule has 0 aromatic heterocycles. The SMILES string of the molecule is c1ccc(-c2c3c(c(-c4ccccc4)c4ccccc24)-c2cccc4cccc-3c24)cc1.c1ccc2cc(-c3c4c(c(-c5ccc6ccccc6c5)c5ccccc35)-c3cccc5cccc-4c35)ccc2c1. The van der Waals surface area contributed by atoms with Gasteiger partial charge in [0.1, 0.15) is 0 Å². The molecule has 0 saturated heterocycles. The second-order valence-electron chi connectivity index (χ2n) is 19.4. The third kappa shape index (κ3) is 6.06. The van der Waals surface area contributed by atoms with E-state index in [2.05, 4.69) is 267 Å². The minimum atomic E-state index is 1.26. The lowest BCUT2D eigenvalue weighted by Crippen LogP contribution is -1.94. The molecule has 0 heterocycles. The van der Waals surface area contributed by atoms with Crippen molar-refractivity contribution in [3.63, 3.8) is 0 Å². The highest BCUT2D eigenvalue weighted by atomic mass is 14.3. The number of hydrogen-bond acceptors (Lipinski definition) is 0. The van der Waals surface area contributed by atoms with Gasteiger partial charge in [0.05, 0.1) is 0 Å². The Morgan fingerprint density at radius 1 is 0.153 bits per heavy atom. The molecule has 2 aliphatic carbocycles. The summed E-state index contributed by atoms with van der Waals surface area (Å²) in [6, 6.07) is 97.9. The number of hydrogen-bond donors (Lipinski definition) is 0. The molecule has 0 spiro atoms. The highest BCUT2D eigenvalue weighted by molar-refractivity contribution is 6.29. The van der Waals surface area contributed by atoms with Gasteiger partial charge in [0, 0.05) is 0 Å². The fraction of sp³-hybridized carbons (Fsp3) is 0. The summed E-state index contributed by atoms with van der Waals surface area (Å²) in [5.74, 6) is 0. The molecule has 0 atom stereocenters. The Morgan fingerprint density at radius 3 is 0.778 bits per heavy atom. The van der Waals surface area contributed by atoms with Gasteiger partial charge in [-0.05, 0) is 166 Å². The minimum absolute atomic E-state index is 1.26. The standard InChI is InChI=1S/C40H24.C32H20/c1-3-11-28-23-30(21-19-25(28)9-1)37-32-15-5-6-16-33(32)38(31-22-20-26-10-2-4-12-29(26)24-31)40-35-18-8-14-27-13-7-17-34(36(27)35)39(37)40;1-3-11-22(12-4-1)29-24-17-7-8-18-25(24)30(23-13-5-2-6-14-23)32-27-20-10-16-21-15-9-19-26(28(21)27)31(29)32/h1-24H;1-20H. The van der Waals surface area contributed by atoms with Gasteiger partial charge < -0.3 is 0 Å². The molecule has 72 heavy (non-hydrogen) atoms. The highest BCUT2D eigenvalue weighted by Gasteiger charge is 2.32. The van der Waals surface area contributed by atoms with Gasteiger partial charge in [0.15, 0.2) is 0 Å². The van der Waals surface area contributed by atoms with Crippen LogP contribution < -0.4 is 0 Å². The summed E-state index contributed by atoms with van der Waals surface area (Å²) in [6.07, 6.45) is 0. The van der Waals surface area contributed by atoms with Crippen LogP contribution in [0.15, 0.2) is 267 Å². The lowest BCUT2D eigenvalue weighted by atomic mass is 9.82. The topological polar surface area (TPSA) is 0 Å². The average Bonchev–Trinajstić information content (AvgIpc) is 3.96. The zero-order chi connectivity index (χ0) is 47.3.